The van der Waals surface area contributed by atoms with Crippen molar-refractivity contribution in [1.29, 1.82) is 0 Å². The molecular weight excluding hydrogens is 626 g/mol. The van der Waals surface area contributed by atoms with E-state index < -0.39 is 11.8 Å². The Morgan fingerprint density at radius 2 is 1.03 bits per heavy atom. The number of hydrogen-bond acceptors (Lipinski definition) is 7. The largest absolute Gasteiger partial charge is 0.296 e. The second kappa shape index (κ2) is 10.8. The monoisotopic (exact) mass is 639 g/mol. The third kappa shape index (κ3) is 5.76. The van der Waals surface area contributed by atoms with Crippen molar-refractivity contribution in [1.82, 2.24) is 15.0 Å². The Kier molecular flexibility index (Phi) is 7.33. The van der Waals surface area contributed by atoms with Gasteiger partial charge in [-0.25, -0.2) is 15.0 Å². The van der Waals surface area contributed by atoms with Gasteiger partial charge in [0.2, 0.25) is 0 Å². The molecule has 178 valence electrons. The number of anilines is 2. The quantitative estimate of drug-likeness (QED) is 0.202. The zero-order chi connectivity index (χ0) is 25.1. The number of carbonyl (C=O) groups excluding carboxylic acids is 2. The predicted octanol–water partition coefficient (Wildman–Crippen LogP) is 7.36. The lowest BCUT2D eigenvalue weighted by atomic mass is 10.2. The molecule has 2 amide bonds. The maximum absolute atomic E-state index is 12.8. The third-order valence-corrected chi connectivity index (χ3v) is 7.52. The molecule has 3 heterocycles. The molecule has 11 heteroatoms. The van der Waals surface area contributed by atoms with Crippen LogP contribution in [0.3, 0.4) is 0 Å². The SMILES string of the molecule is O=C(Nc1nc(-c2ccc(Br)cc2)cs1)c1cccc(C(=O)Nc2nc(-c3ccc(Br)cc3)cs2)n1. The highest BCUT2D eigenvalue weighted by Gasteiger charge is 2.16. The summed E-state index contributed by atoms with van der Waals surface area (Å²) in [7, 11) is 0. The van der Waals surface area contributed by atoms with Crippen molar-refractivity contribution >= 4 is 76.6 Å². The van der Waals surface area contributed by atoms with Crippen molar-refractivity contribution in [2.24, 2.45) is 0 Å². The zero-order valence-electron chi connectivity index (χ0n) is 18.2. The van der Waals surface area contributed by atoms with Crippen LogP contribution in [0.4, 0.5) is 10.3 Å². The van der Waals surface area contributed by atoms with Crippen LogP contribution >= 0.6 is 54.5 Å². The molecule has 0 saturated heterocycles. The third-order valence-electron chi connectivity index (χ3n) is 4.94. The standard InChI is InChI=1S/C25H15Br2N5O2S2/c26-16-8-4-14(5-9-16)20-12-35-24(29-20)31-22(33)18-2-1-3-19(28-18)23(34)32-25-30-21(13-36-25)15-6-10-17(27)11-7-15/h1-13H,(H,29,31,33)(H,30,32,34). The number of hydrogen-bond donors (Lipinski definition) is 2. The summed E-state index contributed by atoms with van der Waals surface area (Å²) in [6.07, 6.45) is 0. The Bertz CT molecular complexity index is 1440. The van der Waals surface area contributed by atoms with Crippen LogP contribution in [0.15, 0.2) is 86.4 Å². The van der Waals surface area contributed by atoms with E-state index in [4.69, 9.17) is 0 Å². The molecule has 0 radical (unpaired) electrons. The molecule has 0 aliphatic carbocycles. The van der Waals surface area contributed by atoms with Gasteiger partial charge in [0, 0.05) is 30.8 Å². The first-order chi connectivity index (χ1) is 17.4. The summed E-state index contributed by atoms with van der Waals surface area (Å²) in [6.45, 7) is 0. The van der Waals surface area contributed by atoms with Gasteiger partial charge >= 0.3 is 0 Å². The number of amides is 2. The van der Waals surface area contributed by atoms with Crippen molar-refractivity contribution < 1.29 is 9.59 Å². The van der Waals surface area contributed by atoms with E-state index in [-0.39, 0.29) is 11.4 Å². The lowest BCUT2D eigenvalue weighted by Crippen LogP contribution is -2.18. The Balaban J connectivity index is 1.25. The van der Waals surface area contributed by atoms with Gasteiger partial charge in [0.05, 0.1) is 11.4 Å². The van der Waals surface area contributed by atoms with Crippen molar-refractivity contribution in [2.75, 3.05) is 10.6 Å². The Morgan fingerprint density at radius 3 is 1.44 bits per heavy atom. The summed E-state index contributed by atoms with van der Waals surface area (Å²) in [4.78, 5) is 38.7. The van der Waals surface area contributed by atoms with Crippen LogP contribution in [0.25, 0.3) is 22.5 Å². The molecule has 7 nitrogen and oxygen atoms in total. The highest BCUT2D eigenvalue weighted by atomic mass is 79.9. The van der Waals surface area contributed by atoms with Gasteiger partial charge in [-0.3, -0.25) is 20.2 Å². The number of carbonyl (C=O) groups is 2. The number of nitrogens with one attached hydrogen (secondary N) is 2. The van der Waals surface area contributed by atoms with Crippen LogP contribution in [-0.2, 0) is 0 Å². The summed E-state index contributed by atoms with van der Waals surface area (Å²) >= 11 is 9.46. The van der Waals surface area contributed by atoms with Gasteiger partial charge in [-0.2, -0.15) is 0 Å². The number of rotatable bonds is 6. The molecule has 0 aliphatic heterocycles. The van der Waals surface area contributed by atoms with Crippen molar-refractivity contribution in [2.45, 2.75) is 0 Å². The summed E-state index contributed by atoms with van der Waals surface area (Å²) in [5.41, 5.74) is 3.62. The molecule has 0 atom stereocenters. The average molecular weight is 641 g/mol. The molecular formula is C25H15Br2N5O2S2. The van der Waals surface area contributed by atoms with Gasteiger partial charge < -0.3 is 0 Å². The Hall–Kier alpha value is -3.25. The Morgan fingerprint density at radius 1 is 0.611 bits per heavy atom. The molecule has 5 aromatic rings. The molecule has 0 aliphatic rings. The van der Waals surface area contributed by atoms with E-state index in [0.29, 0.717) is 10.3 Å². The highest BCUT2D eigenvalue weighted by molar-refractivity contribution is 9.10. The van der Waals surface area contributed by atoms with Gasteiger partial charge in [-0.05, 0) is 36.4 Å². The van der Waals surface area contributed by atoms with E-state index in [0.717, 1.165) is 31.5 Å². The summed E-state index contributed by atoms with van der Waals surface area (Å²) in [6, 6.07) is 20.2. The maximum atomic E-state index is 12.8. The van der Waals surface area contributed by atoms with Gasteiger partial charge in [0.1, 0.15) is 11.4 Å². The summed E-state index contributed by atoms with van der Waals surface area (Å²) in [5.74, 6) is -0.902. The van der Waals surface area contributed by atoms with Crippen LogP contribution in [-0.4, -0.2) is 26.8 Å². The van der Waals surface area contributed by atoms with Crippen molar-refractivity contribution in [3.63, 3.8) is 0 Å². The normalized spacial score (nSPS) is 10.7. The van der Waals surface area contributed by atoms with Gasteiger partial charge in [-0.1, -0.05) is 62.2 Å². The minimum absolute atomic E-state index is 0.109. The first-order valence-corrected chi connectivity index (χ1v) is 13.8. The van der Waals surface area contributed by atoms with Gasteiger partial charge in [-0.15, -0.1) is 22.7 Å². The minimum Gasteiger partial charge on any atom is -0.296 e. The topological polar surface area (TPSA) is 96.9 Å². The molecule has 0 bridgehead atoms. The van der Waals surface area contributed by atoms with Crippen LogP contribution < -0.4 is 10.6 Å². The fourth-order valence-electron chi connectivity index (χ4n) is 3.18. The lowest BCUT2D eigenvalue weighted by Gasteiger charge is -2.04. The number of nitrogens with zero attached hydrogens (tertiary/aromatic N) is 3. The first kappa shape index (κ1) is 24.4. The number of aromatic nitrogens is 3. The molecule has 2 N–H and O–H groups in total. The van der Waals surface area contributed by atoms with Crippen LogP contribution in [0.2, 0.25) is 0 Å². The fourth-order valence-corrected chi connectivity index (χ4v) is 5.14. The van der Waals surface area contributed by atoms with E-state index in [1.807, 2.05) is 59.3 Å². The number of thiazole rings is 2. The fraction of sp³-hybridized carbons (Fsp3) is 0. The molecule has 3 aromatic heterocycles. The van der Waals surface area contributed by atoms with Gasteiger partial charge in [0.25, 0.3) is 11.8 Å². The molecule has 36 heavy (non-hydrogen) atoms. The summed E-state index contributed by atoms with van der Waals surface area (Å²) in [5, 5.41) is 10.1. The van der Waals surface area contributed by atoms with E-state index in [1.54, 1.807) is 18.2 Å². The second-order valence-electron chi connectivity index (χ2n) is 7.41. The predicted molar refractivity (Wildman–Crippen MR) is 151 cm³/mol. The average Bonchev–Trinajstić information content (AvgIpc) is 3.55. The number of halogens is 2. The number of benzene rings is 2. The second-order valence-corrected chi connectivity index (χ2v) is 11.0. The summed E-state index contributed by atoms with van der Waals surface area (Å²) < 4.78 is 1.95. The van der Waals surface area contributed by atoms with Gasteiger partial charge in [0.15, 0.2) is 10.3 Å². The van der Waals surface area contributed by atoms with E-state index in [2.05, 4.69) is 57.4 Å². The van der Waals surface area contributed by atoms with Crippen molar-refractivity contribution in [3.05, 3.63) is 97.8 Å². The minimum atomic E-state index is -0.451. The highest BCUT2D eigenvalue weighted by Crippen LogP contribution is 2.27. The zero-order valence-corrected chi connectivity index (χ0v) is 23.0. The van der Waals surface area contributed by atoms with E-state index >= 15 is 0 Å². The molecule has 2 aromatic carbocycles. The maximum Gasteiger partial charge on any atom is 0.276 e. The van der Waals surface area contributed by atoms with Crippen LogP contribution in [0.5, 0.6) is 0 Å². The van der Waals surface area contributed by atoms with Crippen molar-refractivity contribution in [3.8, 4) is 22.5 Å². The molecule has 5 rings (SSSR count). The van der Waals surface area contributed by atoms with Crippen LogP contribution in [0, 0.1) is 0 Å². The van der Waals surface area contributed by atoms with E-state index in [1.165, 1.54) is 22.7 Å². The number of pyridine rings is 1. The molecule has 0 fully saturated rings. The molecule has 0 unspecified atom stereocenters. The Labute approximate surface area is 230 Å². The van der Waals surface area contributed by atoms with Crippen LogP contribution in [0.1, 0.15) is 21.0 Å². The first-order valence-electron chi connectivity index (χ1n) is 10.5. The van der Waals surface area contributed by atoms with E-state index in [9.17, 15) is 9.59 Å². The molecule has 0 saturated carbocycles. The molecule has 0 spiro atoms. The smallest absolute Gasteiger partial charge is 0.276 e. The lowest BCUT2D eigenvalue weighted by molar-refractivity contribution is 0.101.